The summed E-state index contributed by atoms with van der Waals surface area (Å²) in [5.74, 6) is 1.89. The quantitative estimate of drug-likeness (QED) is 0.878. The molecule has 0 radical (unpaired) electrons. The van der Waals surface area contributed by atoms with Crippen LogP contribution < -0.4 is 10.1 Å². The lowest BCUT2D eigenvalue weighted by molar-refractivity contribution is 0.257. The monoisotopic (exact) mass is 275 g/mol. The molecule has 0 aliphatic rings. The fraction of sp³-hybridized carbons (Fsp3) is 0.467. The number of ether oxygens (including phenoxy) is 1. The highest BCUT2D eigenvalue weighted by Gasteiger charge is 2.08. The minimum Gasteiger partial charge on any atom is -0.483 e. The Morgan fingerprint density at radius 3 is 2.70 bits per heavy atom. The molecule has 108 valence electrons. The predicted molar refractivity (Wildman–Crippen MR) is 76.5 cm³/mol. The number of aromatic nitrogens is 2. The summed E-state index contributed by atoms with van der Waals surface area (Å²) in [5.41, 5.74) is 2.35. The lowest BCUT2D eigenvalue weighted by atomic mass is 10.1. The van der Waals surface area contributed by atoms with Gasteiger partial charge in [0, 0.05) is 25.1 Å². The van der Waals surface area contributed by atoms with Crippen molar-refractivity contribution < 1.29 is 9.15 Å². The van der Waals surface area contributed by atoms with Crippen LogP contribution in [0, 0.1) is 13.8 Å². The van der Waals surface area contributed by atoms with Crippen LogP contribution in [0.2, 0.25) is 0 Å². The summed E-state index contributed by atoms with van der Waals surface area (Å²) in [6.45, 7) is 9.15. The van der Waals surface area contributed by atoms with E-state index < -0.39 is 0 Å². The van der Waals surface area contributed by atoms with Crippen LogP contribution in [0.5, 0.6) is 5.75 Å². The number of hydrogen-bond acceptors (Lipinski definition) is 5. The van der Waals surface area contributed by atoms with Gasteiger partial charge in [0.25, 0.3) is 5.89 Å². The highest BCUT2D eigenvalue weighted by molar-refractivity contribution is 5.36. The molecule has 20 heavy (non-hydrogen) atoms. The molecule has 1 N–H and O–H groups in total. The number of rotatable bonds is 6. The van der Waals surface area contributed by atoms with Crippen molar-refractivity contribution in [3.8, 4) is 5.75 Å². The molecule has 2 aromatic rings. The molecule has 1 aromatic heterocycles. The normalized spacial score (nSPS) is 11.1. The Kier molecular flexibility index (Phi) is 4.74. The summed E-state index contributed by atoms with van der Waals surface area (Å²) in [6.07, 6.45) is 0. The lowest BCUT2D eigenvalue weighted by Crippen LogP contribution is -2.22. The maximum Gasteiger partial charge on any atom is 0.253 e. The van der Waals surface area contributed by atoms with Gasteiger partial charge in [-0.15, -0.1) is 10.2 Å². The van der Waals surface area contributed by atoms with Crippen LogP contribution in [0.1, 0.15) is 36.8 Å². The molecule has 1 aromatic carbocycles. The van der Waals surface area contributed by atoms with Crippen molar-refractivity contribution >= 4 is 0 Å². The minimum atomic E-state index is 0.290. The first-order valence-electron chi connectivity index (χ1n) is 6.79. The highest BCUT2D eigenvalue weighted by atomic mass is 16.5. The van der Waals surface area contributed by atoms with E-state index in [-0.39, 0.29) is 0 Å². The molecular weight excluding hydrogens is 254 g/mol. The van der Waals surface area contributed by atoms with Crippen molar-refractivity contribution in [3.05, 3.63) is 41.1 Å². The van der Waals surface area contributed by atoms with Gasteiger partial charge in [-0.1, -0.05) is 31.5 Å². The zero-order valence-electron chi connectivity index (χ0n) is 12.4. The van der Waals surface area contributed by atoms with E-state index in [1.165, 1.54) is 5.56 Å². The Balaban J connectivity index is 2.05. The van der Waals surface area contributed by atoms with E-state index in [2.05, 4.69) is 42.4 Å². The van der Waals surface area contributed by atoms with Gasteiger partial charge in [-0.3, -0.25) is 0 Å². The Bertz CT molecular complexity index is 564. The van der Waals surface area contributed by atoms with Gasteiger partial charge < -0.3 is 14.5 Å². The molecular formula is C15H21N3O2. The van der Waals surface area contributed by atoms with Crippen molar-refractivity contribution in [2.75, 3.05) is 0 Å². The standard InChI is InChI=1S/C15H21N3O2/c1-10(2)16-8-13-7-11(3)5-6-14(13)19-9-15-18-17-12(4)20-15/h5-7,10,16H,8-9H2,1-4H3. The van der Waals surface area contributed by atoms with E-state index in [0.29, 0.717) is 24.4 Å². The van der Waals surface area contributed by atoms with Gasteiger partial charge in [-0.2, -0.15) is 0 Å². The molecule has 0 fully saturated rings. The van der Waals surface area contributed by atoms with Crippen LogP contribution in [0.15, 0.2) is 22.6 Å². The Morgan fingerprint density at radius 1 is 1.25 bits per heavy atom. The minimum absolute atomic E-state index is 0.290. The van der Waals surface area contributed by atoms with Crippen LogP contribution in [0.25, 0.3) is 0 Å². The molecule has 2 rings (SSSR count). The lowest BCUT2D eigenvalue weighted by Gasteiger charge is -2.13. The van der Waals surface area contributed by atoms with Crippen LogP contribution in [0.4, 0.5) is 0 Å². The number of benzene rings is 1. The van der Waals surface area contributed by atoms with E-state index in [1.54, 1.807) is 6.92 Å². The molecule has 0 atom stereocenters. The third-order valence-electron chi connectivity index (χ3n) is 2.84. The van der Waals surface area contributed by atoms with Crippen molar-refractivity contribution in [3.63, 3.8) is 0 Å². The third-order valence-corrected chi connectivity index (χ3v) is 2.84. The highest BCUT2D eigenvalue weighted by Crippen LogP contribution is 2.21. The first kappa shape index (κ1) is 14.5. The summed E-state index contributed by atoms with van der Waals surface area (Å²) >= 11 is 0. The van der Waals surface area contributed by atoms with Crippen LogP contribution >= 0.6 is 0 Å². The van der Waals surface area contributed by atoms with Gasteiger partial charge in [0.2, 0.25) is 5.89 Å². The molecule has 0 amide bonds. The number of hydrogen-bond donors (Lipinski definition) is 1. The van der Waals surface area contributed by atoms with Crippen molar-refractivity contribution in [2.45, 2.75) is 46.9 Å². The van der Waals surface area contributed by atoms with Crippen molar-refractivity contribution in [2.24, 2.45) is 0 Å². The molecule has 0 bridgehead atoms. The summed E-state index contributed by atoms with van der Waals surface area (Å²) in [4.78, 5) is 0. The van der Waals surface area contributed by atoms with Crippen molar-refractivity contribution in [1.29, 1.82) is 0 Å². The van der Waals surface area contributed by atoms with Gasteiger partial charge in [0.05, 0.1) is 0 Å². The second-order valence-corrected chi connectivity index (χ2v) is 5.15. The smallest absolute Gasteiger partial charge is 0.253 e. The molecule has 5 nitrogen and oxygen atoms in total. The van der Waals surface area contributed by atoms with E-state index in [1.807, 2.05) is 12.1 Å². The predicted octanol–water partition coefficient (Wildman–Crippen LogP) is 2.76. The average Bonchev–Trinajstić information content (AvgIpc) is 2.81. The maximum atomic E-state index is 5.79. The molecule has 0 aliphatic carbocycles. The molecule has 0 saturated carbocycles. The van der Waals surface area contributed by atoms with Gasteiger partial charge in [-0.25, -0.2) is 0 Å². The first-order chi connectivity index (χ1) is 9.54. The van der Waals surface area contributed by atoms with E-state index in [4.69, 9.17) is 9.15 Å². The molecule has 5 heteroatoms. The Hall–Kier alpha value is -1.88. The summed E-state index contributed by atoms with van der Waals surface area (Å²) in [5, 5.41) is 11.1. The summed E-state index contributed by atoms with van der Waals surface area (Å²) in [6, 6.07) is 6.58. The number of nitrogens with zero attached hydrogens (tertiary/aromatic N) is 2. The largest absolute Gasteiger partial charge is 0.483 e. The first-order valence-corrected chi connectivity index (χ1v) is 6.79. The molecule has 0 unspecified atom stereocenters. The second kappa shape index (κ2) is 6.52. The van der Waals surface area contributed by atoms with Gasteiger partial charge >= 0.3 is 0 Å². The second-order valence-electron chi connectivity index (χ2n) is 5.15. The zero-order chi connectivity index (χ0) is 14.5. The third kappa shape index (κ3) is 4.06. The molecule has 1 heterocycles. The Labute approximate surface area is 119 Å². The maximum absolute atomic E-state index is 5.79. The van der Waals surface area contributed by atoms with Crippen LogP contribution in [-0.4, -0.2) is 16.2 Å². The van der Waals surface area contributed by atoms with Gasteiger partial charge in [-0.05, 0) is 13.0 Å². The van der Waals surface area contributed by atoms with Crippen LogP contribution in [0.3, 0.4) is 0 Å². The molecule has 0 spiro atoms. The van der Waals surface area contributed by atoms with E-state index in [0.717, 1.165) is 17.9 Å². The van der Waals surface area contributed by atoms with E-state index in [9.17, 15) is 0 Å². The summed E-state index contributed by atoms with van der Waals surface area (Å²) in [7, 11) is 0. The van der Waals surface area contributed by atoms with Gasteiger partial charge in [0.15, 0.2) is 6.61 Å². The topological polar surface area (TPSA) is 60.2 Å². The summed E-state index contributed by atoms with van der Waals surface area (Å²) < 4.78 is 11.1. The fourth-order valence-electron chi connectivity index (χ4n) is 1.84. The van der Waals surface area contributed by atoms with Crippen LogP contribution in [-0.2, 0) is 13.2 Å². The zero-order valence-corrected chi connectivity index (χ0v) is 12.4. The Morgan fingerprint density at radius 2 is 2.05 bits per heavy atom. The number of aryl methyl sites for hydroxylation is 2. The van der Waals surface area contributed by atoms with Crippen molar-refractivity contribution in [1.82, 2.24) is 15.5 Å². The number of nitrogens with one attached hydrogen (secondary N) is 1. The average molecular weight is 275 g/mol. The molecule has 0 aliphatic heterocycles. The molecule has 0 saturated heterocycles. The SMILES string of the molecule is Cc1ccc(OCc2nnc(C)o2)c(CNC(C)C)c1. The fourth-order valence-corrected chi connectivity index (χ4v) is 1.84. The van der Waals surface area contributed by atoms with E-state index >= 15 is 0 Å². The van der Waals surface area contributed by atoms with Gasteiger partial charge in [0.1, 0.15) is 5.75 Å².